The molecule has 1 N–H and O–H groups in total. The molecule has 3 saturated heterocycles. The number of aliphatic hydroxyl groups is 1. The summed E-state index contributed by atoms with van der Waals surface area (Å²) < 4.78 is 104. The fraction of sp³-hybridized carbons (Fsp3) is 0.341. The van der Waals surface area contributed by atoms with E-state index in [-0.39, 0.29) is 66.1 Å². The van der Waals surface area contributed by atoms with E-state index < -0.39 is 92.1 Å². The molecule has 8 unspecified atom stereocenters. The third-order valence-corrected chi connectivity index (χ3v) is 17.5. The number of hydrogen-bond acceptors (Lipinski definition) is 16. The zero-order valence-electron chi connectivity index (χ0n) is 55.2. The lowest BCUT2D eigenvalue weighted by Crippen LogP contribution is -2.66. The molecular formula is C82H88O16. The standard InChI is InChI=1S/C82H88O16/c1-84-80-79(98-82-78(93-55-67-45-27-10-28-46-67)76(91-53-65-41-23-8-24-42-65)73(88-50-62-35-17-5-18-36-62)70(97-82)57-86-48-60-31-13-3-14-32-60)74(89-51-63-37-19-6-20-38-63)71(83)68(95-80)58-94-81-77(92-54-66-43-25-9-26-44-66)75(90-52-64-39-21-7-22-40-64)72(87-49-61-33-15-4-16-34-61)69(96-81)56-85-47-59-29-11-2-12-30-59/h2-46,68-83H,47-58H2,1H3/t68?,69?,70-,71+,72+,73+,74?,75?,76?,77?,78?,79?,80-,81-,82+/m0/s1. The quantitative estimate of drug-likeness (QED) is 0.0399. The number of methoxy groups -OCH3 is 1. The van der Waals surface area contributed by atoms with Crippen LogP contribution in [0, 0.1) is 0 Å². The highest BCUT2D eigenvalue weighted by atomic mass is 16.8. The monoisotopic (exact) mass is 1330 g/mol. The van der Waals surface area contributed by atoms with Crippen molar-refractivity contribution in [2.24, 2.45) is 0 Å². The molecule has 12 rings (SSSR count). The molecule has 16 heteroatoms. The molecule has 512 valence electrons. The minimum atomic E-state index is -1.43. The molecule has 3 aliphatic heterocycles. The third kappa shape index (κ3) is 20.3. The van der Waals surface area contributed by atoms with Crippen molar-refractivity contribution >= 4 is 0 Å². The molecule has 9 aromatic carbocycles. The Hall–Kier alpha value is -7.66. The van der Waals surface area contributed by atoms with Gasteiger partial charge in [-0.2, -0.15) is 0 Å². The molecule has 98 heavy (non-hydrogen) atoms. The van der Waals surface area contributed by atoms with E-state index in [9.17, 15) is 5.11 Å². The lowest BCUT2D eigenvalue weighted by atomic mass is 9.96. The highest BCUT2D eigenvalue weighted by molar-refractivity contribution is 5.21. The maximum absolute atomic E-state index is 13.2. The van der Waals surface area contributed by atoms with Crippen molar-refractivity contribution in [2.75, 3.05) is 26.9 Å². The lowest BCUT2D eigenvalue weighted by molar-refractivity contribution is -0.383. The van der Waals surface area contributed by atoms with E-state index in [0.29, 0.717) is 13.2 Å². The zero-order valence-corrected chi connectivity index (χ0v) is 55.2. The van der Waals surface area contributed by atoms with E-state index in [4.69, 9.17) is 71.1 Å². The van der Waals surface area contributed by atoms with Crippen molar-refractivity contribution in [2.45, 2.75) is 152 Å². The summed E-state index contributed by atoms with van der Waals surface area (Å²) in [6.07, 6.45) is -15.0. The number of rotatable bonds is 35. The average Bonchev–Trinajstić information content (AvgIpc) is 0.780. The van der Waals surface area contributed by atoms with Crippen molar-refractivity contribution in [3.63, 3.8) is 0 Å². The van der Waals surface area contributed by atoms with Gasteiger partial charge in [-0.3, -0.25) is 0 Å². The smallest absolute Gasteiger partial charge is 0.187 e. The van der Waals surface area contributed by atoms with Crippen LogP contribution in [0.2, 0.25) is 0 Å². The maximum atomic E-state index is 13.2. The van der Waals surface area contributed by atoms with E-state index in [1.807, 2.05) is 273 Å². The van der Waals surface area contributed by atoms with Gasteiger partial charge < -0.3 is 76.2 Å². The van der Waals surface area contributed by atoms with Gasteiger partial charge in [0.05, 0.1) is 79.3 Å². The molecule has 16 nitrogen and oxygen atoms in total. The van der Waals surface area contributed by atoms with Crippen LogP contribution in [0.3, 0.4) is 0 Å². The van der Waals surface area contributed by atoms with Crippen LogP contribution >= 0.6 is 0 Å². The van der Waals surface area contributed by atoms with Gasteiger partial charge in [0.1, 0.15) is 73.2 Å². The highest BCUT2D eigenvalue weighted by Gasteiger charge is 2.55. The number of benzene rings is 9. The first-order valence-electron chi connectivity index (χ1n) is 33.7. The molecule has 0 bridgehead atoms. The predicted molar refractivity (Wildman–Crippen MR) is 367 cm³/mol. The first kappa shape index (κ1) is 70.2. The Kier molecular flexibility index (Phi) is 26.9. The second-order valence-corrected chi connectivity index (χ2v) is 24.6. The van der Waals surface area contributed by atoms with Crippen LogP contribution in [0.15, 0.2) is 273 Å². The summed E-state index contributed by atoms with van der Waals surface area (Å²) in [4.78, 5) is 0. The fourth-order valence-corrected chi connectivity index (χ4v) is 12.4. The summed E-state index contributed by atoms with van der Waals surface area (Å²) in [7, 11) is 1.53. The van der Waals surface area contributed by atoms with Gasteiger partial charge in [0, 0.05) is 7.11 Å². The molecule has 0 aromatic heterocycles. The first-order chi connectivity index (χ1) is 48.5. The molecule has 0 saturated carbocycles. The molecule has 0 radical (unpaired) electrons. The van der Waals surface area contributed by atoms with E-state index >= 15 is 0 Å². The van der Waals surface area contributed by atoms with E-state index in [1.54, 1.807) is 0 Å². The van der Waals surface area contributed by atoms with Crippen molar-refractivity contribution in [1.29, 1.82) is 0 Å². The summed E-state index contributed by atoms with van der Waals surface area (Å²) in [6.45, 7) is 1.87. The molecule has 9 aromatic rings. The number of hydrogen-bond donors (Lipinski definition) is 1. The zero-order chi connectivity index (χ0) is 66.8. The Labute approximate surface area is 575 Å². The second kappa shape index (κ2) is 37.5. The molecule has 3 fully saturated rings. The van der Waals surface area contributed by atoms with Crippen LogP contribution in [0.25, 0.3) is 0 Å². The van der Waals surface area contributed by atoms with Gasteiger partial charge in [0.2, 0.25) is 0 Å². The minimum absolute atomic E-state index is 0.0764. The number of ether oxygens (including phenoxy) is 15. The van der Waals surface area contributed by atoms with Crippen LogP contribution < -0.4 is 0 Å². The van der Waals surface area contributed by atoms with Crippen molar-refractivity contribution in [3.8, 4) is 0 Å². The molecule has 0 spiro atoms. The summed E-state index contributed by atoms with van der Waals surface area (Å²) in [6, 6.07) is 89.3. The van der Waals surface area contributed by atoms with Crippen LogP contribution in [-0.4, -0.2) is 124 Å². The topological polar surface area (TPSA) is 159 Å². The summed E-state index contributed by atoms with van der Waals surface area (Å²) in [5.41, 5.74) is 8.47. The maximum Gasteiger partial charge on any atom is 0.187 e. The first-order valence-corrected chi connectivity index (χ1v) is 33.7. The van der Waals surface area contributed by atoms with E-state index in [2.05, 4.69) is 0 Å². The van der Waals surface area contributed by atoms with E-state index in [1.165, 1.54) is 7.11 Å². The Morgan fingerprint density at radius 3 is 0.816 bits per heavy atom. The molecule has 3 heterocycles. The Morgan fingerprint density at radius 1 is 0.245 bits per heavy atom. The van der Waals surface area contributed by atoms with Crippen LogP contribution in [0.4, 0.5) is 0 Å². The van der Waals surface area contributed by atoms with E-state index in [0.717, 1.165) is 50.1 Å². The minimum Gasteiger partial charge on any atom is -0.387 e. The molecular weight excluding hydrogens is 1240 g/mol. The van der Waals surface area contributed by atoms with Crippen molar-refractivity contribution in [3.05, 3.63) is 323 Å². The SMILES string of the molecule is CO[C@H]1OC(CO[C@H]2OC(COCc3ccccc3)[C@@H](OCc3ccccc3)C(OCc3ccccc3)C2OCc2ccccc2)[C@@H](O)C(OCc2ccccc2)C1O[C@H]1O[C@@H](COCc2ccccc2)[C@@H](OCc2ccccc2)C(OCc2ccccc2)C1OCc1ccccc1. The van der Waals surface area contributed by atoms with Gasteiger partial charge in [-0.15, -0.1) is 0 Å². The third-order valence-electron chi connectivity index (χ3n) is 17.5. The molecule has 15 atom stereocenters. The van der Waals surface area contributed by atoms with Crippen molar-refractivity contribution < 1.29 is 76.2 Å². The summed E-state index contributed by atoms with van der Waals surface area (Å²) >= 11 is 0. The molecule has 3 aliphatic rings. The Bertz CT molecular complexity index is 3610. The Morgan fingerprint density at radius 2 is 0.500 bits per heavy atom. The van der Waals surface area contributed by atoms with Gasteiger partial charge in [0.15, 0.2) is 18.9 Å². The predicted octanol–water partition coefficient (Wildman–Crippen LogP) is 13.1. The fourth-order valence-electron chi connectivity index (χ4n) is 12.4. The normalized spacial score (nSPS) is 25.6. The molecule has 0 aliphatic carbocycles. The largest absolute Gasteiger partial charge is 0.387 e. The van der Waals surface area contributed by atoms with Crippen LogP contribution in [0.1, 0.15) is 50.1 Å². The summed E-state index contributed by atoms with van der Waals surface area (Å²) in [5.74, 6) is 0. The van der Waals surface area contributed by atoms with Crippen LogP contribution in [0.5, 0.6) is 0 Å². The highest BCUT2D eigenvalue weighted by Crippen LogP contribution is 2.38. The van der Waals surface area contributed by atoms with Gasteiger partial charge in [-0.05, 0) is 50.1 Å². The average molecular weight is 1330 g/mol. The lowest BCUT2D eigenvalue weighted by Gasteiger charge is -2.49. The van der Waals surface area contributed by atoms with Gasteiger partial charge in [-0.1, -0.05) is 273 Å². The van der Waals surface area contributed by atoms with Gasteiger partial charge >= 0.3 is 0 Å². The second-order valence-electron chi connectivity index (χ2n) is 24.6. The van der Waals surface area contributed by atoms with Gasteiger partial charge in [0.25, 0.3) is 0 Å². The van der Waals surface area contributed by atoms with Crippen LogP contribution in [-0.2, 0) is 131 Å². The Balaban J connectivity index is 0.871. The van der Waals surface area contributed by atoms with Crippen molar-refractivity contribution in [1.82, 2.24) is 0 Å². The summed E-state index contributed by atoms with van der Waals surface area (Å²) in [5, 5.41) is 13.2. The van der Waals surface area contributed by atoms with Gasteiger partial charge in [-0.25, -0.2) is 0 Å². The molecule has 0 amide bonds. The number of aliphatic hydroxyl groups excluding tert-OH is 1.